The van der Waals surface area contributed by atoms with E-state index in [2.05, 4.69) is 0 Å². The number of nitro benzene ring substituents is 2. The van der Waals surface area contributed by atoms with Crippen molar-refractivity contribution in [3.05, 3.63) is 140 Å². The summed E-state index contributed by atoms with van der Waals surface area (Å²) < 4.78 is 5.85. The largest absolute Gasteiger partial charge is 0.457 e. The molecule has 0 aliphatic heterocycles. The molecule has 4 aromatic carbocycles. The van der Waals surface area contributed by atoms with Crippen LogP contribution in [0.5, 0.6) is 11.5 Å². The molecule has 0 fully saturated rings. The summed E-state index contributed by atoms with van der Waals surface area (Å²) in [5.41, 5.74) is 1.03. The van der Waals surface area contributed by atoms with E-state index in [0.29, 0.717) is 33.8 Å². The fraction of sp³-hybridized carbons (Fsp3) is 0. The number of ether oxygens (including phenoxy) is 1. The van der Waals surface area contributed by atoms with E-state index in [9.17, 15) is 29.8 Å². The first-order valence-corrected chi connectivity index (χ1v) is 10.3. The van der Waals surface area contributed by atoms with Crippen LogP contribution in [0.15, 0.2) is 97.1 Å². The Labute approximate surface area is 198 Å². The minimum atomic E-state index is -0.538. The third kappa shape index (κ3) is 5.25. The number of non-ortho nitro benzene ring substituents is 2. The molecule has 35 heavy (non-hydrogen) atoms. The number of hydrogen-bond acceptors (Lipinski definition) is 7. The fourth-order valence-electron chi connectivity index (χ4n) is 3.34. The van der Waals surface area contributed by atoms with E-state index in [4.69, 9.17) is 4.74 Å². The number of benzene rings is 4. The zero-order chi connectivity index (χ0) is 24.9. The number of nitro groups is 2. The summed E-state index contributed by atoms with van der Waals surface area (Å²) in [6.45, 7) is 0. The predicted molar refractivity (Wildman–Crippen MR) is 126 cm³/mol. The molecule has 0 saturated heterocycles. The minimum absolute atomic E-state index is 0.109. The van der Waals surface area contributed by atoms with E-state index < -0.39 is 9.85 Å². The van der Waals surface area contributed by atoms with Crippen LogP contribution in [0.3, 0.4) is 0 Å². The third-order valence-electron chi connectivity index (χ3n) is 5.11. The lowest BCUT2D eigenvalue weighted by atomic mass is 10.0. The molecule has 0 unspecified atom stereocenters. The van der Waals surface area contributed by atoms with Crippen molar-refractivity contribution in [2.24, 2.45) is 0 Å². The van der Waals surface area contributed by atoms with Crippen LogP contribution in [0.1, 0.15) is 31.8 Å². The summed E-state index contributed by atoms with van der Waals surface area (Å²) >= 11 is 0. The van der Waals surface area contributed by atoms with Gasteiger partial charge in [0.1, 0.15) is 11.5 Å². The first-order chi connectivity index (χ1) is 16.8. The van der Waals surface area contributed by atoms with Crippen molar-refractivity contribution in [3.63, 3.8) is 0 Å². The lowest BCUT2D eigenvalue weighted by Crippen LogP contribution is -2.02. The van der Waals surface area contributed by atoms with E-state index in [1.54, 1.807) is 36.4 Å². The Morgan fingerprint density at radius 2 is 0.914 bits per heavy atom. The molecule has 0 spiro atoms. The number of nitrogens with zero attached hydrogens (tertiary/aromatic N) is 2. The molecule has 172 valence electrons. The van der Waals surface area contributed by atoms with Crippen molar-refractivity contribution in [1.29, 1.82) is 0 Å². The number of carbonyl (C=O) groups is 2. The van der Waals surface area contributed by atoms with Crippen molar-refractivity contribution in [1.82, 2.24) is 0 Å². The van der Waals surface area contributed by atoms with Crippen LogP contribution in [0.2, 0.25) is 0 Å². The Morgan fingerprint density at radius 3 is 1.26 bits per heavy atom. The van der Waals surface area contributed by atoms with Gasteiger partial charge in [-0.25, -0.2) is 0 Å². The maximum atomic E-state index is 12.8. The van der Waals surface area contributed by atoms with Gasteiger partial charge in [0.15, 0.2) is 11.6 Å². The van der Waals surface area contributed by atoms with Gasteiger partial charge < -0.3 is 4.74 Å². The fourth-order valence-corrected chi connectivity index (χ4v) is 3.34. The van der Waals surface area contributed by atoms with E-state index in [1.165, 1.54) is 60.7 Å². The summed E-state index contributed by atoms with van der Waals surface area (Å²) in [6, 6.07) is 23.5. The highest BCUT2D eigenvalue weighted by Crippen LogP contribution is 2.26. The van der Waals surface area contributed by atoms with Crippen molar-refractivity contribution in [2.45, 2.75) is 0 Å². The summed E-state index contributed by atoms with van der Waals surface area (Å²) in [5, 5.41) is 21.6. The lowest BCUT2D eigenvalue weighted by Gasteiger charge is -2.09. The van der Waals surface area contributed by atoms with Crippen molar-refractivity contribution in [3.8, 4) is 11.5 Å². The van der Waals surface area contributed by atoms with Gasteiger partial charge in [-0.2, -0.15) is 0 Å². The molecular weight excluding hydrogens is 452 g/mol. The Balaban J connectivity index is 1.52. The molecule has 9 nitrogen and oxygen atoms in total. The Bertz CT molecular complexity index is 1330. The minimum Gasteiger partial charge on any atom is -0.457 e. The maximum Gasteiger partial charge on any atom is 0.269 e. The molecular formula is C26H16N2O7. The van der Waals surface area contributed by atoms with Crippen LogP contribution in [-0.2, 0) is 0 Å². The van der Waals surface area contributed by atoms with Crippen molar-refractivity contribution in [2.75, 3.05) is 0 Å². The summed E-state index contributed by atoms with van der Waals surface area (Å²) in [4.78, 5) is 46.1. The predicted octanol–water partition coefficient (Wildman–Crippen LogP) is 5.76. The van der Waals surface area contributed by atoms with Crippen LogP contribution in [0.4, 0.5) is 11.4 Å². The standard InChI is InChI=1S/C26H16N2O7/c29-25(17-7-11-21(12-8-17)27(31)32)19-3-1-5-23(15-19)35-24-6-2-4-20(16-24)26(30)18-9-13-22(14-10-18)28(33)34/h1-16H. The van der Waals surface area contributed by atoms with Gasteiger partial charge in [-0.15, -0.1) is 0 Å². The second-order valence-electron chi connectivity index (χ2n) is 7.42. The summed E-state index contributed by atoms with van der Waals surface area (Å²) in [5.74, 6) is 0.0651. The second-order valence-corrected chi connectivity index (χ2v) is 7.42. The topological polar surface area (TPSA) is 130 Å². The summed E-state index contributed by atoms with van der Waals surface area (Å²) in [7, 11) is 0. The van der Waals surface area contributed by atoms with Gasteiger partial charge in [-0.05, 0) is 48.5 Å². The van der Waals surface area contributed by atoms with Crippen molar-refractivity contribution < 1.29 is 24.2 Å². The quantitative estimate of drug-likeness (QED) is 0.183. The van der Waals surface area contributed by atoms with E-state index in [1.807, 2.05) is 0 Å². The molecule has 0 bridgehead atoms. The number of rotatable bonds is 8. The molecule has 0 amide bonds. The number of hydrogen-bond donors (Lipinski definition) is 0. The molecule has 0 aliphatic carbocycles. The molecule has 0 atom stereocenters. The zero-order valence-corrected chi connectivity index (χ0v) is 18.0. The molecule has 0 saturated carbocycles. The third-order valence-corrected chi connectivity index (χ3v) is 5.11. The average molecular weight is 468 g/mol. The maximum absolute atomic E-state index is 12.8. The monoisotopic (exact) mass is 468 g/mol. The van der Waals surface area contributed by atoms with Gasteiger partial charge in [-0.1, -0.05) is 24.3 Å². The van der Waals surface area contributed by atoms with Crippen molar-refractivity contribution >= 4 is 22.9 Å². The SMILES string of the molecule is O=C(c1ccc([N+](=O)[O-])cc1)c1cccc(Oc2cccc(C(=O)c3ccc([N+](=O)[O-])cc3)c2)c1. The smallest absolute Gasteiger partial charge is 0.269 e. The molecule has 0 radical (unpaired) electrons. The highest BCUT2D eigenvalue weighted by atomic mass is 16.6. The highest BCUT2D eigenvalue weighted by Gasteiger charge is 2.15. The van der Waals surface area contributed by atoms with Crippen LogP contribution >= 0.6 is 0 Å². The van der Waals surface area contributed by atoms with Gasteiger partial charge in [0.05, 0.1) is 9.85 Å². The second kappa shape index (κ2) is 9.75. The van der Waals surface area contributed by atoms with E-state index in [-0.39, 0.29) is 22.9 Å². The van der Waals surface area contributed by atoms with Crippen LogP contribution in [0, 0.1) is 20.2 Å². The van der Waals surface area contributed by atoms with Crippen LogP contribution in [0.25, 0.3) is 0 Å². The Morgan fingerprint density at radius 1 is 0.543 bits per heavy atom. The van der Waals surface area contributed by atoms with Crippen LogP contribution < -0.4 is 4.74 Å². The summed E-state index contributed by atoms with van der Waals surface area (Å²) in [6.07, 6.45) is 0. The highest BCUT2D eigenvalue weighted by molar-refractivity contribution is 6.10. The Kier molecular flexibility index (Phi) is 6.41. The molecule has 0 aromatic heterocycles. The van der Waals surface area contributed by atoms with Gasteiger partial charge in [0.2, 0.25) is 0 Å². The first kappa shape index (κ1) is 23.0. The first-order valence-electron chi connectivity index (χ1n) is 10.3. The number of ketones is 2. The molecule has 0 N–H and O–H groups in total. The van der Waals surface area contributed by atoms with Gasteiger partial charge in [0.25, 0.3) is 11.4 Å². The number of carbonyl (C=O) groups excluding carboxylic acids is 2. The van der Waals surface area contributed by atoms with E-state index in [0.717, 1.165) is 0 Å². The molecule has 0 heterocycles. The molecule has 0 aliphatic rings. The van der Waals surface area contributed by atoms with Gasteiger partial charge in [0, 0.05) is 46.5 Å². The normalized spacial score (nSPS) is 10.4. The van der Waals surface area contributed by atoms with Crippen LogP contribution in [-0.4, -0.2) is 21.4 Å². The van der Waals surface area contributed by atoms with Gasteiger partial charge >= 0.3 is 0 Å². The molecule has 4 rings (SSSR count). The van der Waals surface area contributed by atoms with E-state index >= 15 is 0 Å². The molecule has 4 aromatic rings. The lowest BCUT2D eigenvalue weighted by molar-refractivity contribution is -0.385. The average Bonchev–Trinajstić information content (AvgIpc) is 2.88. The van der Waals surface area contributed by atoms with Gasteiger partial charge in [-0.3, -0.25) is 29.8 Å². The zero-order valence-electron chi connectivity index (χ0n) is 18.0. The molecule has 9 heteroatoms. The Hall–Kier alpha value is -5.18.